The van der Waals surface area contributed by atoms with Gasteiger partial charge in [-0.2, -0.15) is 4.31 Å². The number of nitrogens with zero attached hydrogens (tertiary/aromatic N) is 2. The number of methoxy groups -OCH3 is 1. The van der Waals surface area contributed by atoms with Gasteiger partial charge in [0, 0.05) is 37.2 Å². The van der Waals surface area contributed by atoms with Crippen LogP contribution in [0, 0.1) is 5.82 Å². The van der Waals surface area contributed by atoms with Gasteiger partial charge in [-0.25, -0.2) is 12.8 Å². The van der Waals surface area contributed by atoms with E-state index in [0.717, 1.165) is 10.0 Å². The molecule has 140 valence electrons. The standard InChI is InChI=1S/C18H20BrFN2O3S/c1-25-18-6-5-14(11-17(18)20)13-21-7-9-22(10-8-21)26(23,24)16-4-2-3-15(19)12-16/h2-6,11-12H,7-10,13H2,1H3. The highest BCUT2D eigenvalue weighted by Crippen LogP contribution is 2.22. The molecule has 0 saturated carbocycles. The smallest absolute Gasteiger partial charge is 0.243 e. The van der Waals surface area contributed by atoms with Crippen LogP contribution in [0.1, 0.15) is 5.56 Å². The summed E-state index contributed by atoms with van der Waals surface area (Å²) in [6.07, 6.45) is 0. The Labute approximate surface area is 161 Å². The summed E-state index contributed by atoms with van der Waals surface area (Å²) in [5, 5.41) is 0. The van der Waals surface area contributed by atoms with E-state index in [2.05, 4.69) is 20.8 Å². The van der Waals surface area contributed by atoms with Crippen LogP contribution in [0.3, 0.4) is 0 Å². The first-order valence-electron chi connectivity index (χ1n) is 8.20. The first-order valence-corrected chi connectivity index (χ1v) is 10.4. The van der Waals surface area contributed by atoms with Crippen molar-refractivity contribution in [3.05, 3.63) is 58.3 Å². The summed E-state index contributed by atoms with van der Waals surface area (Å²) in [5.41, 5.74) is 0.839. The van der Waals surface area contributed by atoms with E-state index in [1.807, 2.05) is 6.07 Å². The third-order valence-electron chi connectivity index (χ3n) is 4.39. The molecule has 1 saturated heterocycles. The van der Waals surface area contributed by atoms with Crippen LogP contribution < -0.4 is 4.74 Å². The molecule has 0 N–H and O–H groups in total. The van der Waals surface area contributed by atoms with Gasteiger partial charge in [0.25, 0.3) is 0 Å². The largest absolute Gasteiger partial charge is 0.494 e. The molecule has 0 atom stereocenters. The topological polar surface area (TPSA) is 49.9 Å². The summed E-state index contributed by atoms with van der Waals surface area (Å²) in [6, 6.07) is 11.6. The zero-order chi connectivity index (χ0) is 18.7. The zero-order valence-electron chi connectivity index (χ0n) is 14.4. The highest BCUT2D eigenvalue weighted by Gasteiger charge is 2.28. The minimum Gasteiger partial charge on any atom is -0.494 e. The van der Waals surface area contributed by atoms with Crippen LogP contribution in [0.5, 0.6) is 5.75 Å². The molecule has 0 bridgehead atoms. The van der Waals surface area contributed by atoms with Crippen LogP contribution in [0.4, 0.5) is 4.39 Å². The number of hydrogen-bond acceptors (Lipinski definition) is 4. The Balaban J connectivity index is 1.63. The number of rotatable bonds is 5. The minimum atomic E-state index is -3.50. The first-order chi connectivity index (χ1) is 12.4. The molecule has 3 rings (SSSR count). The average molecular weight is 443 g/mol. The molecule has 0 aliphatic carbocycles. The van der Waals surface area contributed by atoms with Crippen molar-refractivity contribution < 1.29 is 17.5 Å². The van der Waals surface area contributed by atoms with Gasteiger partial charge in [-0.3, -0.25) is 4.90 Å². The third-order valence-corrected chi connectivity index (χ3v) is 6.78. The normalized spacial score (nSPS) is 16.6. The van der Waals surface area contributed by atoms with Crippen LogP contribution >= 0.6 is 15.9 Å². The Kier molecular flexibility index (Phi) is 5.96. The number of hydrogen-bond donors (Lipinski definition) is 0. The van der Waals surface area contributed by atoms with E-state index >= 15 is 0 Å². The fraction of sp³-hybridized carbons (Fsp3) is 0.333. The molecule has 2 aromatic rings. The molecule has 0 unspecified atom stereocenters. The Morgan fingerprint density at radius 3 is 2.46 bits per heavy atom. The third kappa shape index (κ3) is 4.25. The molecule has 26 heavy (non-hydrogen) atoms. The number of halogens is 2. The van der Waals surface area contributed by atoms with Crippen molar-refractivity contribution in [3.8, 4) is 5.75 Å². The Hall–Kier alpha value is -1.48. The lowest BCUT2D eigenvalue weighted by Gasteiger charge is -2.34. The van der Waals surface area contributed by atoms with Crippen molar-refractivity contribution in [1.29, 1.82) is 0 Å². The van der Waals surface area contributed by atoms with Crippen molar-refractivity contribution >= 4 is 26.0 Å². The van der Waals surface area contributed by atoms with Gasteiger partial charge in [0.15, 0.2) is 11.6 Å². The van der Waals surface area contributed by atoms with Crippen LogP contribution in [0.25, 0.3) is 0 Å². The van der Waals surface area contributed by atoms with Crippen LogP contribution in [-0.4, -0.2) is 50.9 Å². The maximum Gasteiger partial charge on any atom is 0.243 e. The number of sulfonamides is 1. The molecule has 0 radical (unpaired) electrons. The van der Waals surface area contributed by atoms with Crippen LogP contribution in [0.2, 0.25) is 0 Å². The number of benzene rings is 2. The summed E-state index contributed by atoms with van der Waals surface area (Å²) >= 11 is 3.31. The Morgan fingerprint density at radius 1 is 1.12 bits per heavy atom. The Morgan fingerprint density at radius 2 is 1.85 bits per heavy atom. The van der Waals surface area contributed by atoms with E-state index in [0.29, 0.717) is 32.7 Å². The van der Waals surface area contributed by atoms with Gasteiger partial charge in [0.1, 0.15) is 0 Å². The summed E-state index contributed by atoms with van der Waals surface area (Å²) in [6.45, 7) is 2.59. The fourth-order valence-corrected chi connectivity index (χ4v) is 4.99. The molecule has 1 heterocycles. The van der Waals surface area contributed by atoms with E-state index in [-0.39, 0.29) is 16.5 Å². The lowest BCUT2D eigenvalue weighted by atomic mass is 10.2. The van der Waals surface area contributed by atoms with E-state index in [1.54, 1.807) is 30.3 Å². The molecule has 8 heteroatoms. The summed E-state index contributed by atoms with van der Waals surface area (Å²) in [7, 11) is -2.06. The highest BCUT2D eigenvalue weighted by molar-refractivity contribution is 9.10. The molecule has 0 amide bonds. The lowest BCUT2D eigenvalue weighted by Crippen LogP contribution is -2.48. The maximum absolute atomic E-state index is 13.8. The fourth-order valence-electron chi connectivity index (χ4n) is 2.97. The van der Waals surface area contributed by atoms with Gasteiger partial charge in [-0.15, -0.1) is 0 Å². The first kappa shape index (κ1) is 19.3. The van der Waals surface area contributed by atoms with Gasteiger partial charge < -0.3 is 4.74 Å². The van der Waals surface area contributed by atoms with Gasteiger partial charge >= 0.3 is 0 Å². The monoisotopic (exact) mass is 442 g/mol. The van der Waals surface area contributed by atoms with Crippen molar-refractivity contribution in [3.63, 3.8) is 0 Å². The summed E-state index contributed by atoms with van der Waals surface area (Å²) in [4.78, 5) is 2.41. The number of ether oxygens (including phenoxy) is 1. The molecule has 1 fully saturated rings. The van der Waals surface area contributed by atoms with Gasteiger partial charge in [0.2, 0.25) is 10.0 Å². The molecular weight excluding hydrogens is 423 g/mol. The SMILES string of the molecule is COc1ccc(CN2CCN(S(=O)(=O)c3cccc(Br)c3)CC2)cc1F. The Bertz CT molecular complexity index is 884. The van der Waals surface area contributed by atoms with Gasteiger partial charge in [-0.1, -0.05) is 28.1 Å². The van der Waals surface area contributed by atoms with Crippen LogP contribution in [-0.2, 0) is 16.6 Å². The van der Waals surface area contributed by atoms with E-state index < -0.39 is 10.0 Å². The second kappa shape index (κ2) is 8.04. The summed E-state index contributed by atoms with van der Waals surface area (Å²) in [5.74, 6) is -0.167. The number of piperazine rings is 1. The average Bonchev–Trinajstić information content (AvgIpc) is 2.62. The van der Waals surface area contributed by atoms with E-state index in [9.17, 15) is 12.8 Å². The molecule has 5 nitrogen and oxygen atoms in total. The molecule has 1 aliphatic heterocycles. The molecule has 0 spiro atoms. The van der Waals surface area contributed by atoms with Gasteiger partial charge in [-0.05, 0) is 35.9 Å². The van der Waals surface area contributed by atoms with Crippen LogP contribution in [0.15, 0.2) is 51.8 Å². The quantitative estimate of drug-likeness (QED) is 0.713. The minimum absolute atomic E-state index is 0.221. The van der Waals surface area contributed by atoms with Crippen molar-refractivity contribution in [2.24, 2.45) is 0 Å². The predicted molar refractivity (Wildman–Crippen MR) is 101 cm³/mol. The molecule has 2 aromatic carbocycles. The molecule has 1 aliphatic rings. The zero-order valence-corrected chi connectivity index (χ0v) is 16.8. The van der Waals surface area contributed by atoms with Gasteiger partial charge in [0.05, 0.1) is 12.0 Å². The van der Waals surface area contributed by atoms with E-state index in [4.69, 9.17) is 4.74 Å². The molecular formula is C18H20BrFN2O3S. The van der Waals surface area contributed by atoms with Crippen molar-refractivity contribution in [1.82, 2.24) is 9.21 Å². The van der Waals surface area contributed by atoms with E-state index in [1.165, 1.54) is 17.5 Å². The molecule has 0 aromatic heterocycles. The van der Waals surface area contributed by atoms with Crippen molar-refractivity contribution in [2.75, 3.05) is 33.3 Å². The van der Waals surface area contributed by atoms with Crippen molar-refractivity contribution in [2.45, 2.75) is 11.4 Å². The highest BCUT2D eigenvalue weighted by atomic mass is 79.9. The summed E-state index contributed by atoms with van der Waals surface area (Å²) < 4.78 is 46.5. The second-order valence-electron chi connectivity index (χ2n) is 6.11. The maximum atomic E-state index is 13.8. The second-order valence-corrected chi connectivity index (χ2v) is 8.96. The predicted octanol–water partition coefficient (Wildman–Crippen LogP) is 3.10. The lowest BCUT2D eigenvalue weighted by molar-refractivity contribution is 0.181.